The molecule has 2 N–H and O–H groups in total. The predicted molar refractivity (Wildman–Crippen MR) is 62.6 cm³/mol. The molecule has 0 atom stereocenters. The molecule has 0 fully saturated rings. The Morgan fingerprint density at radius 2 is 2.13 bits per heavy atom. The molecule has 1 aromatic heterocycles. The molecule has 4 heteroatoms. The lowest BCUT2D eigenvalue weighted by atomic mass is 10.2. The van der Waals surface area contributed by atoms with Gasteiger partial charge >= 0.3 is 0 Å². The van der Waals surface area contributed by atoms with Gasteiger partial charge in [0.15, 0.2) is 0 Å². The molecular formula is C11H10BrFN2. The molecular weight excluding hydrogens is 259 g/mol. The summed E-state index contributed by atoms with van der Waals surface area (Å²) in [5.41, 5.74) is 7.53. The molecule has 0 bridgehead atoms. The number of halogens is 2. The normalized spacial score (nSPS) is 10.6. The molecule has 15 heavy (non-hydrogen) atoms. The van der Waals surface area contributed by atoms with Crippen molar-refractivity contribution >= 4 is 21.6 Å². The number of nitrogen functional groups attached to an aromatic ring is 1. The molecule has 0 saturated carbocycles. The van der Waals surface area contributed by atoms with Crippen LogP contribution in [0.1, 0.15) is 5.69 Å². The Labute approximate surface area is 95.6 Å². The third-order valence-corrected chi connectivity index (χ3v) is 2.74. The first-order valence-electron chi connectivity index (χ1n) is 4.48. The highest BCUT2D eigenvalue weighted by Gasteiger charge is 2.09. The summed E-state index contributed by atoms with van der Waals surface area (Å²) in [5, 5.41) is 0. The van der Waals surface area contributed by atoms with Crippen LogP contribution in [-0.2, 0) is 0 Å². The van der Waals surface area contributed by atoms with Crippen LogP contribution in [0.4, 0.5) is 10.1 Å². The third-order valence-electron chi connectivity index (χ3n) is 2.28. The maximum Gasteiger partial charge on any atom is 0.149 e. The Morgan fingerprint density at radius 1 is 1.40 bits per heavy atom. The van der Waals surface area contributed by atoms with Gasteiger partial charge in [0.1, 0.15) is 5.82 Å². The van der Waals surface area contributed by atoms with Crippen molar-refractivity contribution in [2.75, 3.05) is 5.73 Å². The number of rotatable bonds is 1. The Bertz CT molecular complexity index is 505. The summed E-state index contributed by atoms with van der Waals surface area (Å²) >= 11 is 3.25. The first-order valence-corrected chi connectivity index (χ1v) is 5.28. The average Bonchev–Trinajstić information content (AvgIpc) is 2.58. The Morgan fingerprint density at radius 3 is 2.73 bits per heavy atom. The number of nitrogens with zero attached hydrogens (tertiary/aromatic N) is 1. The van der Waals surface area contributed by atoms with Crippen molar-refractivity contribution in [1.29, 1.82) is 0 Å². The van der Waals surface area contributed by atoms with E-state index in [9.17, 15) is 4.39 Å². The molecule has 1 heterocycles. The molecule has 0 unspecified atom stereocenters. The van der Waals surface area contributed by atoms with E-state index in [1.807, 2.05) is 29.8 Å². The van der Waals surface area contributed by atoms with Crippen LogP contribution in [0.2, 0.25) is 0 Å². The first kappa shape index (κ1) is 10.2. The van der Waals surface area contributed by atoms with E-state index in [2.05, 4.69) is 15.9 Å². The molecule has 78 valence electrons. The smallest absolute Gasteiger partial charge is 0.149 e. The number of aromatic nitrogens is 1. The van der Waals surface area contributed by atoms with Gasteiger partial charge in [0.25, 0.3) is 0 Å². The quantitative estimate of drug-likeness (QED) is 0.791. The van der Waals surface area contributed by atoms with Crippen molar-refractivity contribution < 1.29 is 4.39 Å². The topological polar surface area (TPSA) is 30.9 Å². The van der Waals surface area contributed by atoms with Gasteiger partial charge in [0, 0.05) is 16.4 Å². The fraction of sp³-hybridized carbons (Fsp3) is 0.0909. The summed E-state index contributed by atoms with van der Waals surface area (Å²) < 4.78 is 15.9. The average molecular weight is 269 g/mol. The lowest BCUT2D eigenvalue weighted by molar-refractivity contribution is 0.630. The van der Waals surface area contributed by atoms with Gasteiger partial charge in [-0.05, 0) is 31.2 Å². The summed E-state index contributed by atoms with van der Waals surface area (Å²) in [7, 11) is 0. The van der Waals surface area contributed by atoms with Crippen LogP contribution < -0.4 is 5.73 Å². The SMILES string of the molecule is Cc1cccn1-c1cc(Br)cc(F)c1N. The van der Waals surface area contributed by atoms with Crippen LogP contribution in [0, 0.1) is 12.7 Å². The number of aryl methyl sites for hydroxylation is 1. The van der Waals surface area contributed by atoms with E-state index in [1.54, 1.807) is 6.07 Å². The second-order valence-corrected chi connectivity index (χ2v) is 4.26. The molecule has 0 amide bonds. The number of anilines is 1. The Hall–Kier alpha value is -1.29. The van der Waals surface area contributed by atoms with Crippen molar-refractivity contribution in [3.8, 4) is 5.69 Å². The molecule has 2 aromatic rings. The zero-order valence-electron chi connectivity index (χ0n) is 8.17. The van der Waals surface area contributed by atoms with E-state index >= 15 is 0 Å². The molecule has 2 nitrogen and oxygen atoms in total. The van der Waals surface area contributed by atoms with Crippen LogP contribution >= 0.6 is 15.9 Å². The minimum Gasteiger partial charge on any atom is -0.395 e. The summed E-state index contributed by atoms with van der Waals surface area (Å²) in [6.45, 7) is 1.94. The zero-order chi connectivity index (χ0) is 11.0. The Balaban J connectivity index is 2.68. The molecule has 0 aliphatic heterocycles. The fourth-order valence-corrected chi connectivity index (χ4v) is 1.92. The highest BCUT2D eigenvalue weighted by molar-refractivity contribution is 9.10. The Kier molecular flexibility index (Phi) is 2.52. The van der Waals surface area contributed by atoms with Crippen LogP contribution in [-0.4, -0.2) is 4.57 Å². The van der Waals surface area contributed by atoms with Gasteiger partial charge in [-0.25, -0.2) is 4.39 Å². The fourth-order valence-electron chi connectivity index (χ4n) is 1.51. The van der Waals surface area contributed by atoms with E-state index in [4.69, 9.17) is 5.73 Å². The maximum absolute atomic E-state index is 13.4. The molecule has 0 spiro atoms. The van der Waals surface area contributed by atoms with Crippen LogP contribution in [0.15, 0.2) is 34.9 Å². The highest BCUT2D eigenvalue weighted by atomic mass is 79.9. The molecule has 0 aliphatic carbocycles. The predicted octanol–water partition coefficient (Wildman–Crippen LogP) is 3.27. The van der Waals surface area contributed by atoms with Crippen molar-refractivity contribution in [3.63, 3.8) is 0 Å². The van der Waals surface area contributed by atoms with Gasteiger partial charge in [0.05, 0.1) is 11.4 Å². The van der Waals surface area contributed by atoms with Crippen molar-refractivity contribution in [2.24, 2.45) is 0 Å². The van der Waals surface area contributed by atoms with E-state index in [0.717, 1.165) is 5.69 Å². The lowest BCUT2D eigenvalue weighted by Crippen LogP contribution is -2.02. The van der Waals surface area contributed by atoms with Gasteiger partial charge in [-0.3, -0.25) is 0 Å². The summed E-state index contributed by atoms with van der Waals surface area (Å²) in [6, 6.07) is 6.99. The van der Waals surface area contributed by atoms with Gasteiger partial charge < -0.3 is 10.3 Å². The lowest BCUT2D eigenvalue weighted by Gasteiger charge is -2.10. The van der Waals surface area contributed by atoms with Gasteiger partial charge in [-0.15, -0.1) is 0 Å². The van der Waals surface area contributed by atoms with E-state index in [0.29, 0.717) is 10.2 Å². The van der Waals surface area contributed by atoms with Crippen molar-refractivity contribution in [2.45, 2.75) is 6.92 Å². The van der Waals surface area contributed by atoms with Crippen molar-refractivity contribution in [1.82, 2.24) is 4.57 Å². The molecule has 1 aromatic carbocycles. The van der Waals surface area contributed by atoms with Crippen molar-refractivity contribution in [3.05, 3.63) is 46.4 Å². The summed E-state index contributed by atoms with van der Waals surface area (Å²) in [4.78, 5) is 0. The molecule has 0 radical (unpaired) electrons. The van der Waals surface area contributed by atoms with Gasteiger partial charge in [-0.2, -0.15) is 0 Å². The zero-order valence-corrected chi connectivity index (χ0v) is 9.75. The van der Waals surface area contributed by atoms with Crippen LogP contribution in [0.5, 0.6) is 0 Å². The summed E-state index contributed by atoms with van der Waals surface area (Å²) in [5.74, 6) is -0.410. The summed E-state index contributed by atoms with van der Waals surface area (Å²) in [6.07, 6.45) is 1.85. The van der Waals surface area contributed by atoms with Crippen LogP contribution in [0.3, 0.4) is 0 Å². The minimum absolute atomic E-state index is 0.164. The number of hydrogen-bond donors (Lipinski definition) is 1. The second-order valence-electron chi connectivity index (χ2n) is 3.34. The molecule has 2 rings (SSSR count). The van der Waals surface area contributed by atoms with E-state index in [-0.39, 0.29) is 5.69 Å². The molecule has 0 aliphatic rings. The minimum atomic E-state index is -0.410. The third kappa shape index (κ3) is 1.77. The number of benzene rings is 1. The monoisotopic (exact) mass is 268 g/mol. The maximum atomic E-state index is 13.4. The van der Waals surface area contributed by atoms with Crippen LogP contribution in [0.25, 0.3) is 5.69 Å². The van der Waals surface area contributed by atoms with Gasteiger partial charge in [0.2, 0.25) is 0 Å². The van der Waals surface area contributed by atoms with E-state index in [1.165, 1.54) is 6.07 Å². The first-order chi connectivity index (χ1) is 7.09. The number of nitrogens with two attached hydrogens (primary N) is 1. The second kappa shape index (κ2) is 3.70. The number of hydrogen-bond acceptors (Lipinski definition) is 1. The van der Waals surface area contributed by atoms with Gasteiger partial charge in [-0.1, -0.05) is 15.9 Å². The standard InChI is InChI=1S/C11H10BrFN2/c1-7-3-2-4-15(7)10-6-8(12)5-9(13)11(10)14/h2-6H,14H2,1H3. The highest BCUT2D eigenvalue weighted by Crippen LogP contribution is 2.26. The van der Waals surface area contributed by atoms with E-state index < -0.39 is 5.82 Å². The largest absolute Gasteiger partial charge is 0.395 e. The molecule has 0 saturated heterocycles.